The molecule has 1 aromatic heterocycles. The maximum Gasteiger partial charge on any atom is 0.315 e. The first-order chi connectivity index (χ1) is 28.2. The molecule has 5 fully saturated rings. The molecule has 8 atom stereocenters. The molecule has 15 nitrogen and oxygen atoms in total. The minimum Gasteiger partial charge on any atom is -0.472 e. The van der Waals surface area contributed by atoms with Crippen molar-refractivity contribution in [1.82, 2.24) is 30.6 Å². The van der Waals surface area contributed by atoms with E-state index in [2.05, 4.69) is 38.8 Å². The van der Waals surface area contributed by atoms with Crippen molar-refractivity contribution < 1.29 is 41.9 Å². The van der Waals surface area contributed by atoms with Crippen molar-refractivity contribution in [3.05, 3.63) is 61.3 Å². The number of aromatic nitrogens is 1. The molecule has 0 radical (unpaired) electrons. The molecule has 1 aromatic carbocycles. The molecular weight excluding hydrogens is 797 g/mol. The van der Waals surface area contributed by atoms with Crippen molar-refractivity contribution in [3.8, 4) is 5.88 Å². The number of carbonyl (C=O) groups is 6. The molecule has 4 N–H and O–H groups in total. The average molecular weight is 849 g/mol. The van der Waals surface area contributed by atoms with E-state index in [0.717, 1.165) is 41.0 Å². The summed E-state index contributed by atoms with van der Waals surface area (Å²) in [6.45, 7) is 9.06. The maximum atomic E-state index is 14.6. The molecule has 7 rings (SSSR count). The van der Waals surface area contributed by atoms with Gasteiger partial charge in [-0.2, -0.15) is 11.8 Å². The Morgan fingerprint density at radius 2 is 1.93 bits per heavy atom. The highest BCUT2D eigenvalue weighted by Gasteiger charge is 2.61. The molecule has 3 saturated heterocycles. The number of benzene rings is 1. The summed E-state index contributed by atoms with van der Waals surface area (Å²) in [4.78, 5) is 86.2. The second kappa shape index (κ2) is 17.4. The molecule has 0 bridgehead atoms. The van der Waals surface area contributed by atoms with Gasteiger partial charge in [0.15, 0.2) is 5.78 Å². The summed E-state index contributed by atoms with van der Waals surface area (Å²) in [5, 5.41) is 9.83. The van der Waals surface area contributed by atoms with Crippen LogP contribution in [0.3, 0.4) is 0 Å². The van der Waals surface area contributed by atoms with Crippen LogP contribution in [0.4, 0.5) is 4.79 Å². The number of hydrogen-bond donors (Lipinski definition) is 4. The van der Waals surface area contributed by atoms with Crippen LogP contribution in [0.1, 0.15) is 69.8 Å². The van der Waals surface area contributed by atoms with E-state index in [1.165, 1.54) is 4.90 Å². The quantitative estimate of drug-likeness (QED) is 0.0658. The lowest BCUT2D eigenvalue weighted by molar-refractivity contribution is -0.143. The fourth-order valence-corrected chi connectivity index (χ4v) is 11.7. The zero-order valence-corrected chi connectivity index (χ0v) is 34.8. The highest BCUT2D eigenvalue weighted by Crippen LogP contribution is 2.57. The zero-order chi connectivity index (χ0) is 42.1. The summed E-state index contributed by atoms with van der Waals surface area (Å²) >= 11 is 1.80. The second-order valence-electron chi connectivity index (χ2n) is 16.6. The number of fused-ring (bicyclic) bond motifs is 2. The smallest absolute Gasteiger partial charge is 0.315 e. The summed E-state index contributed by atoms with van der Waals surface area (Å²) in [7, 11) is -3.89. The molecule has 17 heteroatoms. The molecule has 2 saturated carbocycles. The van der Waals surface area contributed by atoms with Gasteiger partial charge in [-0.15, -0.1) is 6.58 Å². The summed E-state index contributed by atoms with van der Waals surface area (Å²) in [6.07, 6.45) is 6.59. The van der Waals surface area contributed by atoms with Gasteiger partial charge in [0.05, 0.1) is 41.3 Å². The fourth-order valence-electron chi connectivity index (χ4n) is 8.73. The number of urea groups is 1. The van der Waals surface area contributed by atoms with Crippen molar-refractivity contribution in [2.24, 2.45) is 17.3 Å². The Hall–Kier alpha value is -4.77. The number of aryl methyl sites for hydroxylation is 1. The largest absolute Gasteiger partial charge is 0.472 e. The zero-order valence-electron chi connectivity index (χ0n) is 33.2. The fraction of sp³-hybridized carbons (Fsp3) is 0.548. The minimum atomic E-state index is -3.89. The first-order valence-electron chi connectivity index (χ1n) is 20.4. The van der Waals surface area contributed by atoms with Gasteiger partial charge in [0.25, 0.3) is 0 Å². The Kier molecular flexibility index (Phi) is 12.5. The summed E-state index contributed by atoms with van der Waals surface area (Å²) in [6, 6.07) is 6.62. The van der Waals surface area contributed by atoms with Gasteiger partial charge in [0.1, 0.15) is 11.9 Å². The molecule has 5 amide bonds. The van der Waals surface area contributed by atoms with Gasteiger partial charge < -0.3 is 25.6 Å². The van der Waals surface area contributed by atoms with Crippen molar-refractivity contribution in [2.75, 3.05) is 18.8 Å². The number of carbonyl (C=O) groups excluding carboxylic acids is 6. The van der Waals surface area contributed by atoms with E-state index in [1.54, 1.807) is 24.0 Å². The maximum absolute atomic E-state index is 14.6. The standard InChI is InChI=1S/C42H52N6O9S2/c1-4-27-19-42(27,40(53)47-59(55,56)30-11-12-30)20-34(50)33-18-29(57-38-31-13-10-24(3)16-25(31)14-15-43-38)22-48(33)39(52)26(21-44-36(51)5-2)17-28(49)8-6-7-9-35-37-32(23-58-35)45-41(54)46-37/h4-5,10,13-16,26-27,29-30,32-33,35,37H,1-2,6-9,11-12,17-23H2,3H3,(H,44,51)(H,47,53)(H2,45,46,54)/t26-,27+,29+,32+,33-,35+,37+,42+/m0/s1. The summed E-state index contributed by atoms with van der Waals surface area (Å²) < 4.78 is 34.2. The number of amides is 5. The molecule has 4 heterocycles. The average Bonchev–Trinajstić information content (AvgIpc) is 4.07. The molecule has 59 heavy (non-hydrogen) atoms. The van der Waals surface area contributed by atoms with Gasteiger partial charge in [-0.05, 0) is 68.5 Å². The third-order valence-electron chi connectivity index (χ3n) is 12.3. The monoisotopic (exact) mass is 848 g/mol. The lowest BCUT2D eigenvalue weighted by Gasteiger charge is -2.29. The van der Waals surface area contributed by atoms with Crippen molar-refractivity contribution in [3.63, 3.8) is 0 Å². The topological polar surface area (TPSA) is 210 Å². The van der Waals surface area contributed by atoms with E-state index in [9.17, 15) is 37.2 Å². The van der Waals surface area contributed by atoms with Gasteiger partial charge >= 0.3 is 6.03 Å². The third kappa shape index (κ3) is 9.51. The Balaban J connectivity index is 1.08. The molecule has 316 valence electrons. The van der Waals surface area contributed by atoms with Crippen LogP contribution in [-0.4, -0.2) is 107 Å². The van der Waals surface area contributed by atoms with Crippen LogP contribution >= 0.6 is 11.8 Å². The van der Waals surface area contributed by atoms with Crippen LogP contribution in [0.2, 0.25) is 0 Å². The number of thioether (sulfide) groups is 1. The van der Waals surface area contributed by atoms with Gasteiger partial charge in [-0.1, -0.05) is 36.8 Å². The molecule has 2 aliphatic carbocycles. The minimum absolute atomic E-state index is 0.0357. The van der Waals surface area contributed by atoms with Crippen molar-refractivity contribution in [2.45, 2.75) is 106 Å². The van der Waals surface area contributed by atoms with Crippen LogP contribution in [0.15, 0.2) is 55.8 Å². The number of likely N-dealkylation sites (tertiary alicyclic amines) is 1. The van der Waals surface area contributed by atoms with E-state index < -0.39 is 68.2 Å². The van der Waals surface area contributed by atoms with Gasteiger partial charge in [0, 0.05) is 54.8 Å². The van der Waals surface area contributed by atoms with E-state index in [4.69, 9.17) is 4.74 Å². The Morgan fingerprint density at radius 3 is 2.66 bits per heavy atom. The molecular formula is C42H52N6O9S2. The number of hydrogen-bond acceptors (Lipinski definition) is 11. The number of nitrogens with zero attached hydrogens (tertiary/aromatic N) is 2. The number of nitrogens with one attached hydrogen (secondary N) is 4. The van der Waals surface area contributed by atoms with E-state index in [-0.39, 0.29) is 74.3 Å². The molecule has 0 spiro atoms. The highest BCUT2D eigenvalue weighted by atomic mass is 32.2. The number of Topliss-reactive ketones (excluding diaryl/α,β-unsaturated/α-hetero) is 2. The Bertz CT molecular complexity index is 2160. The van der Waals surface area contributed by atoms with E-state index in [1.807, 2.05) is 31.2 Å². The van der Waals surface area contributed by atoms with Crippen LogP contribution < -0.4 is 25.4 Å². The highest BCUT2D eigenvalue weighted by molar-refractivity contribution is 8.00. The second-order valence-corrected chi connectivity index (χ2v) is 19.8. The Morgan fingerprint density at radius 1 is 1.14 bits per heavy atom. The van der Waals surface area contributed by atoms with Gasteiger partial charge in [0.2, 0.25) is 33.6 Å². The van der Waals surface area contributed by atoms with Crippen molar-refractivity contribution in [1.29, 1.82) is 0 Å². The predicted molar refractivity (Wildman–Crippen MR) is 222 cm³/mol. The molecule has 0 unspecified atom stereocenters. The van der Waals surface area contributed by atoms with Crippen LogP contribution in [-0.2, 0) is 34.0 Å². The normalized spacial score (nSPS) is 27.5. The number of unbranched alkanes of at least 4 members (excludes halogenated alkanes) is 1. The van der Waals surface area contributed by atoms with Crippen LogP contribution in [0.5, 0.6) is 5.88 Å². The van der Waals surface area contributed by atoms with E-state index in [0.29, 0.717) is 25.1 Å². The van der Waals surface area contributed by atoms with Crippen molar-refractivity contribution >= 4 is 67.9 Å². The lowest BCUT2D eigenvalue weighted by Crippen LogP contribution is -2.48. The number of allylic oxidation sites excluding steroid dienone is 1. The predicted octanol–water partition coefficient (Wildman–Crippen LogP) is 3.25. The van der Waals surface area contributed by atoms with Gasteiger partial charge in [-0.3, -0.25) is 28.7 Å². The summed E-state index contributed by atoms with van der Waals surface area (Å²) in [5.74, 6) is -2.73. The number of ether oxygens (including phenoxy) is 1. The van der Waals surface area contributed by atoms with Crippen LogP contribution in [0.25, 0.3) is 10.8 Å². The van der Waals surface area contributed by atoms with E-state index >= 15 is 0 Å². The lowest BCUT2D eigenvalue weighted by atomic mass is 9.91. The van der Waals surface area contributed by atoms with Crippen LogP contribution in [0, 0.1) is 24.2 Å². The molecule has 3 aliphatic heterocycles. The van der Waals surface area contributed by atoms with Gasteiger partial charge in [-0.25, -0.2) is 18.2 Å². The first kappa shape index (κ1) is 42.4. The first-order valence-corrected chi connectivity index (χ1v) is 22.9. The summed E-state index contributed by atoms with van der Waals surface area (Å²) in [5.41, 5.74) is -0.292. The molecule has 5 aliphatic rings. The molecule has 2 aromatic rings. The Labute approximate surface area is 348 Å². The number of rotatable bonds is 20. The third-order valence-corrected chi connectivity index (χ3v) is 15.6. The SMILES string of the molecule is C=CC(=O)NC[C@H](CC(=O)CCCC[C@H]1SC[C@H]2NC(=O)N[C@H]21)C(=O)N1C[C@H](Oc2nccc3cc(C)ccc23)C[C@H]1C(=O)C[C@]1(C(=O)NS(=O)(=O)C2CC2)C[C@H]1C=C. The number of pyridine rings is 1. The number of sulfonamides is 1. The number of ketones is 2.